The number of esters is 1. The lowest BCUT2D eigenvalue weighted by Gasteiger charge is -2.18. The maximum atomic E-state index is 12.7. The van der Waals surface area contributed by atoms with Gasteiger partial charge in [-0.05, 0) is 36.8 Å². The van der Waals surface area contributed by atoms with Crippen LogP contribution in [0.25, 0.3) is 0 Å². The minimum absolute atomic E-state index is 0.0295. The van der Waals surface area contributed by atoms with Gasteiger partial charge in [0.25, 0.3) is 0 Å². The Bertz CT molecular complexity index is 777. The molecule has 0 fully saturated rings. The second kappa shape index (κ2) is 8.31. The number of benzene rings is 2. The van der Waals surface area contributed by atoms with E-state index >= 15 is 0 Å². The average molecular weight is 389 g/mol. The molecule has 4 nitrogen and oxygen atoms in total. The van der Waals surface area contributed by atoms with Crippen molar-refractivity contribution < 1.29 is 32.2 Å². The Balaban J connectivity index is 2.27. The quantitative estimate of drug-likeness (QED) is 0.614. The maximum absolute atomic E-state index is 12.7. The summed E-state index contributed by atoms with van der Waals surface area (Å²) in [4.78, 5) is 11.7. The first-order valence-electron chi connectivity index (χ1n) is 7.64. The Morgan fingerprint density at radius 1 is 1.12 bits per heavy atom. The zero-order valence-corrected chi connectivity index (χ0v) is 14.7. The first-order valence-corrected chi connectivity index (χ1v) is 8.02. The van der Waals surface area contributed by atoms with E-state index < -0.39 is 23.8 Å². The molecule has 0 bridgehead atoms. The van der Waals surface area contributed by atoms with Gasteiger partial charge in [-0.3, -0.25) is 0 Å². The zero-order valence-electron chi connectivity index (χ0n) is 14.0. The van der Waals surface area contributed by atoms with Crippen LogP contribution in [0.3, 0.4) is 0 Å². The van der Waals surface area contributed by atoms with Crippen LogP contribution in [0.1, 0.15) is 18.9 Å². The molecule has 2 aromatic rings. The molecule has 0 saturated carbocycles. The van der Waals surface area contributed by atoms with Crippen LogP contribution in [-0.2, 0) is 15.7 Å². The molecule has 0 heterocycles. The van der Waals surface area contributed by atoms with Gasteiger partial charge in [-0.15, -0.1) is 0 Å². The number of hydrogen-bond donors (Lipinski definition) is 0. The van der Waals surface area contributed by atoms with Crippen LogP contribution >= 0.6 is 11.6 Å². The summed E-state index contributed by atoms with van der Waals surface area (Å²) < 4.78 is 54.0. The summed E-state index contributed by atoms with van der Waals surface area (Å²) >= 11 is 5.90. The standard InChI is InChI=1S/C18H16ClF3O4/c1-3-13(17(23)24-2)25-15-6-4-5-7-16(15)26-14-9-8-11(10-12(14)19)18(20,21)22/h4-10,13H,3H2,1-2H3. The first kappa shape index (κ1) is 19.9. The molecule has 1 atom stereocenters. The fourth-order valence-corrected chi connectivity index (χ4v) is 2.31. The van der Waals surface area contributed by atoms with Crippen LogP contribution in [0, 0.1) is 0 Å². The minimum Gasteiger partial charge on any atom is -0.475 e. The zero-order chi connectivity index (χ0) is 19.3. The lowest BCUT2D eigenvalue weighted by molar-refractivity contribution is -0.149. The number of alkyl halides is 3. The lowest BCUT2D eigenvalue weighted by atomic mass is 10.2. The van der Waals surface area contributed by atoms with Gasteiger partial charge >= 0.3 is 12.1 Å². The van der Waals surface area contributed by atoms with Crippen LogP contribution in [0.15, 0.2) is 42.5 Å². The van der Waals surface area contributed by atoms with Crippen molar-refractivity contribution in [3.8, 4) is 17.2 Å². The molecular weight excluding hydrogens is 373 g/mol. The SMILES string of the molecule is CCC(Oc1ccccc1Oc1ccc(C(F)(F)F)cc1Cl)C(=O)OC. The maximum Gasteiger partial charge on any atom is 0.416 e. The summed E-state index contributed by atoms with van der Waals surface area (Å²) in [6.45, 7) is 1.75. The van der Waals surface area contributed by atoms with Gasteiger partial charge in [0, 0.05) is 0 Å². The first-order chi connectivity index (χ1) is 12.3. The van der Waals surface area contributed by atoms with E-state index in [9.17, 15) is 18.0 Å². The van der Waals surface area contributed by atoms with E-state index in [-0.39, 0.29) is 22.3 Å². The van der Waals surface area contributed by atoms with E-state index in [1.807, 2.05) is 0 Å². The van der Waals surface area contributed by atoms with Crippen LogP contribution < -0.4 is 9.47 Å². The monoisotopic (exact) mass is 388 g/mol. The molecule has 0 aliphatic rings. The Morgan fingerprint density at radius 3 is 2.31 bits per heavy atom. The fourth-order valence-electron chi connectivity index (χ4n) is 2.09. The Morgan fingerprint density at radius 2 is 1.77 bits per heavy atom. The van der Waals surface area contributed by atoms with Crippen LogP contribution in [0.2, 0.25) is 5.02 Å². The molecule has 2 rings (SSSR count). The summed E-state index contributed by atoms with van der Waals surface area (Å²) in [6.07, 6.45) is -4.98. The predicted octanol–water partition coefficient (Wildman–Crippen LogP) is 5.48. The van der Waals surface area contributed by atoms with E-state index in [2.05, 4.69) is 4.74 Å². The molecule has 0 spiro atoms. The van der Waals surface area contributed by atoms with Crippen LogP contribution in [0.5, 0.6) is 17.2 Å². The van der Waals surface area contributed by atoms with Gasteiger partial charge in [0.1, 0.15) is 5.75 Å². The van der Waals surface area contributed by atoms with E-state index in [1.54, 1.807) is 31.2 Å². The Hall–Kier alpha value is -2.41. The molecule has 0 amide bonds. The van der Waals surface area contributed by atoms with E-state index in [0.29, 0.717) is 6.42 Å². The highest BCUT2D eigenvalue weighted by atomic mass is 35.5. The highest BCUT2D eigenvalue weighted by molar-refractivity contribution is 6.32. The number of rotatable bonds is 6. The highest BCUT2D eigenvalue weighted by Crippen LogP contribution is 2.38. The second-order valence-corrected chi connectivity index (χ2v) is 5.64. The van der Waals surface area contributed by atoms with E-state index in [1.165, 1.54) is 7.11 Å². The number of ether oxygens (including phenoxy) is 3. The molecule has 140 valence electrons. The fraction of sp³-hybridized carbons (Fsp3) is 0.278. The molecule has 0 saturated heterocycles. The van der Waals surface area contributed by atoms with Gasteiger partial charge in [-0.1, -0.05) is 30.7 Å². The molecule has 26 heavy (non-hydrogen) atoms. The van der Waals surface area contributed by atoms with Gasteiger partial charge in [-0.25, -0.2) is 4.79 Å². The summed E-state index contributed by atoms with van der Waals surface area (Å²) in [6, 6.07) is 9.21. The number of halogens is 4. The summed E-state index contributed by atoms with van der Waals surface area (Å²) in [5.74, 6) is -0.0751. The number of hydrogen-bond acceptors (Lipinski definition) is 4. The second-order valence-electron chi connectivity index (χ2n) is 5.23. The minimum atomic E-state index is -4.50. The van der Waals surface area contributed by atoms with Gasteiger partial charge < -0.3 is 14.2 Å². The molecule has 8 heteroatoms. The largest absolute Gasteiger partial charge is 0.475 e. The number of methoxy groups -OCH3 is 1. The molecule has 0 radical (unpaired) electrons. The highest BCUT2D eigenvalue weighted by Gasteiger charge is 2.31. The normalized spacial score (nSPS) is 12.4. The van der Waals surface area contributed by atoms with Crippen molar-refractivity contribution in [2.75, 3.05) is 7.11 Å². The molecule has 0 aliphatic carbocycles. The van der Waals surface area contributed by atoms with Crippen molar-refractivity contribution in [3.63, 3.8) is 0 Å². The van der Waals surface area contributed by atoms with Crippen molar-refractivity contribution >= 4 is 17.6 Å². The van der Waals surface area contributed by atoms with E-state index in [0.717, 1.165) is 18.2 Å². The molecule has 0 aliphatic heterocycles. The van der Waals surface area contributed by atoms with Gasteiger partial charge in [0.05, 0.1) is 17.7 Å². The molecule has 0 aromatic heterocycles. The van der Waals surface area contributed by atoms with Crippen LogP contribution in [0.4, 0.5) is 13.2 Å². The lowest BCUT2D eigenvalue weighted by Crippen LogP contribution is -2.27. The molecule has 1 unspecified atom stereocenters. The summed E-state index contributed by atoms with van der Waals surface area (Å²) in [5, 5.41) is -0.199. The summed E-state index contributed by atoms with van der Waals surface area (Å²) in [5.41, 5.74) is -0.879. The number of carbonyl (C=O) groups is 1. The van der Waals surface area contributed by atoms with Crippen molar-refractivity contribution in [2.45, 2.75) is 25.6 Å². The Kier molecular flexibility index (Phi) is 6.37. The third kappa shape index (κ3) is 4.82. The van der Waals surface area contributed by atoms with E-state index in [4.69, 9.17) is 21.1 Å². The smallest absolute Gasteiger partial charge is 0.416 e. The van der Waals surface area contributed by atoms with Crippen molar-refractivity contribution in [2.24, 2.45) is 0 Å². The van der Waals surface area contributed by atoms with Gasteiger partial charge in [0.2, 0.25) is 0 Å². The van der Waals surface area contributed by atoms with Gasteiger partial charge in [-0.2, -0.15) is 13.2 Å². The van der Waals surface area contributed by atoms with Crippen molar-refractivity contribution in [1.29, 1.82) is 0 Å². The molecule has 2 aromatic carbocycles. The number of para-hydroxylation sites is 2. The molecule has 0 N–H and O–H groups in total. The number of carbonyl (C=O) groups excluding carboxylic acids is 1. The Labute approximate surface area is 153 Å². The van der Waals surface area contributed by atoms with Crippen LogP contribution in [-0.4, -0.2) is 19.2 Å². The average Bonchev–Trinajstić information content (AvgIpc) is 2.61. The van der Waals surface area contributed by atoms with Crippen molar-refractivity contribution in [1.82, 2.24) is 0 Å². The van der Waals surface area contributed by atoms with Gasteiger partial charge in [0.15, 0.2) is 17.6 Å². The summed E-state index contributed by atoms with van der Waals surface area (Å²) in [7, 11) is 1.25. The topological polar surface area (TPSA) is 44.8 Å². The predicted molar refractivity (Wildman–Crippen MR) is 89.7 cm³/mol. The third-order valence-corrected chi connectivity index (χ3v) is 3.73. The third-order valence-electron chi connectivity index (χ3n) is 3.43. The van der Waals surface area contributed by atoms with Crippen molar-refractivity contribution in [3.05, 3.63) is 53.1 Å². The molecular formula is C18H16ClF3O4.